The molecule has 0 N–H and O–H groups in total. The van der Waals surface area contributed by atoms with Crippen LogP contribution in [0.2, 0.25) is 0 Å². The van der Waals surface area contributed by atoms with Gasteiger partial charge in [0.1, 0.15) is 0 Å². The van der Waals surface area contributed by atoms with Crippen LogP contribution < -0.4 is 0 Å². The molecule has 0 rings (SSSR count). The van der Waals surface area contributed by atoms with E-state index in [0.717, 1.165) is 89.9 Å². The number of unbranched alkanes of at least 4 members (excludes halogenated alkanes) is 26. The Kier molecular flexibility index (Phi) is 50.9. The maximum Gasteiger partial charge on any atom is 0.474 e. The first-order valence-corrected chi connectivity index (χ1v) is 36.0. The fourth-order valence-corrected chi connectivity index (χ4v) is 15.3. The van der Waals surface area contributed by atoms with Crippen molar-refractivity contribution >= 4 is 50.5 Å². The highest BCUT2D eigenvalue weighted by atomic mass is 32.9. The molecule has 0 fully saturated rings. The van der Waals surface area contributed by atoms with Crippen molar-refractivity contribution in [3.8, 4) is 0 Å². The third-order valence-electron chi connectivity index (χ3n) is 12.0. The Morgan fingerprint density at radius 2 is 0.700 bits per heavy atom. The molecule has 0 aliphatic heterocycles. The van der Waals surface area contributed by atoms with Gasteiger partial charge in [0.2, 0.25) is 5.69 Å². The van der Waals surface area contributed by atoms with Crippen LogP contribution in [0.3, 0.4) is 0 Å². The zero-order valence-electron chi connectivity index (χ0n) is 46.1. The lowest BCUT2D eigenvalue weighted by Gasteiger charge is -2.31. The number of carbonyl (C=O) groups excluding carboxylic acids is 1. The van der Waals surface area contributed by atoms with Gasteiger partial charge in [0.05, 0.1) is 64.9 Å². The third kappa shape index (κ3) is 43.8. The largest absolute Gasteiger partial charge is 0.474 e. The van der Waals surface area contributed by atoms with Crippen LogP contribution in [0.4, 0.5) is 0 Å². The summed E-state index contributed by atoms with van der Waals surface area (Å²) in [5.41, 5.74) is -3.30. The van der Waals surface area contributed by atoms with Crippen molar-refractivity contribution in [2.24, 2.45) is 0 Å². The van der Waals surface area contributed by atoms with Gasteiger partial charge in [0, 0.05) is 5.75 Å². The van der Waals surface area contributed by atoms with Crippen LogP contribution in [0, 0.1) is 0 Å². The van der Waals surface area contributed by atoms with Crippen molar-refractivity contribution in [3.63, 3.8) is 0 Å². The van der Waals surface area contributed by atoms with Crippen molar-refractivity contribution in [1.29, 1.82) is 0 Å². The molecule has 0 amide bonds. The number of hydrogen-bond donors (Lipinski definition) is 0. The van der Waals surface area contributed by atoms with Crippen molar-refractivity contribution < 1.29 is 54.9 Å². The highest BCUT2D eigenvalue weighted by molar-refractivity contribution is 8.67. The molecule has 70 heavy (non-hydrogen) atoms. The van der Waals surface area contributed by atoms with Crippen molar-refractivity contribution in [2.45, 2.75) is 285 Å². The monoisotopic (exact) mass is 1090 g/mol. The van der Waals surface area contributed by atoms with Gasteiger partial charge in [-0.3, -0.25) is 31.9 Å². The maximum absolute atomic E-state index is 14.1. The molecule has 0 aromatic rings. The highest BCUT2D eigenvalue weighted by Crippen LogP contribution is 2.64. The summed E-state index contributed by atoms with van der Waals surface area (Å²) in [6, 6.07) is 0. The lowest BCUT2D eigenvalue weighted by molar-refractivity contribution is -0.142. The maximum atomic E-state index is 14.1. The summed E-state index contributed by atoms with van der Waals surface area (Å²) in [6.45, 7) is 15.7. The van der Waals surface area contributed by atoms with Gasteiger partial charge >= 0.3 is 21.6 Å². The Morgan fingerprint density at radius 1 is 0.414 bits per heavy atom. The topological polar surface area (TPSA) is 134 Å². The Labute approximate surface area is 440 Å². The number of carbonyl (C=O) groups is 1. The van der Waals surface area contributed by atoms with Gasteiger partial charge in [0.25, 0.3) is 0 Å². The predicted octanol–water partition coefficient (Wildman–Crippen LogP) is 19.4. The standard InChI is InChI=1S/C53H109O12P3S2/c1-8-15-21-23-25-27-29-31-33-35-37-39-41-51(49-62-66(55,58-44-17-10-3)59-45-18-11-4)64-68(69,70-48-43-53(54)57-14-7)65-52(42-40-38-36-34-32-30-28-26-24-22-16-9-2)50-63-67(56,60-46-19-12-5)61-47-20-13-6/h51-52H,8-50H2,1-7H3. The summed E-state index contributed by atoms with van der Waals surface area (Å²) in [7, 11) is -7.83. The number of phosphoric acid groups is 2. The van der Waals surface area contributed by atoms with E-state index in [1.165, 1.54) is 127 Å². The van der Waals surface area contributed by atoms with Crippen LogP contribution in [0.15, 0.2) is 0 Å². The van der Waals surface area contributed by atoms with E-state index < -0.39 is 33.5 Å². The summed E-state index contributed by atoms with van der Waals surface area (Å²) >= 11 is 7.72. The molecule has 0 spiro atoms. The van der Waals surface area contributed by atoms with E-state index in [9.17, 15) is 13.9 Å². The molecular formula is C53H109O12P3S2. The summed E-state index contributed by atoms with van der Waals surface area (Å²) < 4.78 is 82.8. The average Bonchev–Trinajstić information content (AvgIpc) is 3.33. The molecule has 0 heterocycles. The molecule has 420 valence electrons. The van der Waals surface area contributed by atoms with E-state index in [0.29, 0.717) is 18.6 Å². The SMILES string of the molecule is CCCCCCCCCCCCCCC(COP(=O)(OCCCC)OCCCC)OP(=S)(OC(CCCCCCCCCCCCCC)COP(=O)(OCCCC)OCCCC)SCCC(=O)OCC. The average molecular weight is 1100 g/mol. The summed E-state index contributed by atoms with van der Waals surface area (Å²) in [5.74, 6) is -0.0144. The molecule has 0 saturated carbocycles. The zero-order chi connectivity index (χ0) is 51.7. The molecule has 2 unspecified atom stereocenters. The van der Waals surface area contributed by atoms with Gasteiger partial charge in [-0.25, -0.2) is 9.13 Å². The molecule has 0 saturated heterocycles. The van der Waals surface area contributed by atoms with Gasteiger partial charge in [-0.15, -0.1) is 0 Å². The molecule has 0 aromatic heterocycles. The highest BCUT2D eigenvalue weighted by Gasteiger charge is 2.35. The molecule has 0 radical (unpaired) electrons. The van der Waals surface area contributed by atoms with Crippen LogP contribution in [-0.2, 0) is 66.7 Å². The molecule has 12 nitrogen and oxygen atoms in total. The first kappa shape index (κ1) is 70.6. The van der Waals surface area contributed by atoms with Crippen molar-refractivity contribution in [2.75, 3.05) is 52.0 Å². The minimum Gasteiger partial charge on any atom is -0.466 e. The van der Waals surface area contributed by atoms with E-state index in [1.807, 2.05) is 27.7 Å². The minimum absolute atomic E-state index is 0.0700. The number of phosphoric ester groups is 2. The van der Waals surface area contributed by atoms with Crippen LogP contribution >= 0.6 is 32.7 Å². The summed E-state index contributed by atoms with van der Waals surface area (Å²) in [4.78, 5) is 12.6. The van der Waals surface area contributed by atoms with Gasteiger partial charge in [-0.1, -0.05) is 233 Å². The van der Waals surface area contributed by atoms with Crippen LogP contribution in [-0.4, -0.2) is 70.2 Å². The molecule has 17 heteroatoms. The van der Waals surface area contributed by atoms with Crippen LogP contribution in [0.25, 0.3) is 0 Å². The summed E-state index contributed by atoms with van der Waals surface area (Å²) in [5, 5.41) is 0. The lowest BCUT2D eigenvalue weighted by Crippen LogP contribution is -2.23. The van der Waals surface area contributed by atoms with E-state index in [1.54, 1.807) is 6.92 Å². The van der Waals surface area contributed by atoms with Gasteiger partial charge in [-0.2, -0.15) is 0 Å². The Hall–Kier alpha value is 0.610. The molecule has 0 bridgehead atoms. The molecule has 2 atom stereocenters. The zero-order valence-corrected chi connectivity index (χ0v) is 50.4. The van der Waals surface area contributed by atoms with Crippen molar-refractivity contribution in [1.82, 2.24) is 0 Å². The first-order valence-electron chi connectivity index (χ1n) is 28.8. The van der Waals surface area contributed by atoms with E-state index in [-0.39, 0.29) is 58.6 Å². The quantitative estimate of drug-likeness (QED) is 0.0325. The van der Waals surface area contributed by atoms with E-state index in [4.69, 9.17) is 52.7 Å². The Bertz CT molecular complexity index is 1190. The van der Waals surface area contributed by atoms with Gasteiger partial charge in [0.15, 0.2) is 0 Å². The van der Waals surface area contributed by atoms with Crippen LogP contribution in [0.5, 0.6) is 0 Å². The Morgan fingerprint density at radius 3 is 0.986 bits per heavy atom. The van der Waals surface area contributed by atoms with Gasteiger partial charge < -0.3 is 13.8 Å². The smallest absolute Gasteiger partial charge is 0.466 e. The fraction of sp³-hybridized carbons (Fsp3) is 0.981. The van der Waals surface area contributed by atoms with Crippen LogP contribution in [0.1, 0.15) is 273 Å². The number of rotatable bonds is 57. The summed E-state index contributed by atoms with van der Waals surface area (Å²) in [6.07, 6.45) is 35.6. The van der Waals surface area contributed by atoms with E-state index in [2.05, 4.69) is 13.8 Å². The second-order valence-corrected chi connectivity index (χ2v) is 28.6. The van der Waals surface area contributed by atoms with E-state index >= 15 is 0 Å². The number of hydrogen-bond acceptors (Lipinski definition) is 14. The second kappa shape index (κ2) is 50.4. The fourth-order valence-electron chi connectivity index (χ4n) is 7.54. The normalized spacial score (nSPS) is 14.0. The third-order valence-corrected chi connectivity index (χ3v) is 20.2. The molecule has 0 aromatic carbocycles. The molecule has 0 aliphatic carbocycles. The molecule has 0 aliphatic rings. The number of esters is 1. The van der Waals surface area contributed by atoms with Crippen molar-refractivity contribution in [3.05, 3.63) is 0 Å². The Balaban J connectivity index is 6.48. The second-order valence-electron chi connectivity index (χ2n) is 18.9. The molecular weight excluding hydrogens is 986 g/mol. The first-order chi connectivity index (χ1) is 34.0. The predicted molar refractivity (Wildman–Crippen MR) is 300 cm³/mol. The van der Waals surface area contributed by atoms with Gasteiger partial charge in [-0.05, 0) is 57.3 Å². The lowest BCUT2D eigenvalue weighted by atomic mass is 10.0. The number of ether oxygens (including phenoxy) is 1. The minimum atomic E-state index is -3.92.